The SMILES string of the molecule is COCCCNC(=O)c1oc2c(c1C)/C(=N/NC(=O)c1ccc(Cl)cc1)CCC2. The van der Waals surface area contributed by atoms with Crippen LogP contribution in [0.5, 0.6) is 0 Å². The number of halogens is 1. The van der Waals surface area contributed by atoms with E-state index in [2.05, 4.69) is 15.8 Å². The van der Waals surface area contributed by atoms with Crippen LogP contribution in [0.4, 0.5) is 0 Å². The Morgan fingerprint density at radius 1 is 1.21 bits per heavy atom. The topological polar surface area (TPSA) is 92.9 Å². The van der Waals surface area contributed by atoms with Crippen molar-refractivity contribution in [3.8, 4) is 0 Å². The lowest BCUT2D eigenvalue weighted by molar-refractivity contribution is 0.0916. The van der Waals surface area contributed by atoms with E-state index in [-0.39, 0.29) is 11.8 Å². The lowest BCUT2D eigenvalue weighted by Gasteiger charge is -2.13. The van der Waals surface area contributed by atoms with Crippen LogP contribution in [0, 0.1) is 6.92 Å². The molecule has 2 amide bonds. The summed E-state index contributed by atoms with van der Waals surface area (Å²) < 4.78 is 10.8. The van der Waals surface area contributed by atoms with Crippen molar-refractivity contribution in [1.82, 2.24) is 10.7 Å². The quantitative estimate of drug-likeness (QED) is 0.532. The van der Waals surface area contributed by atoms with Crippen molar-refractivity contribution in [2.24, 2.45) is 5.10 Å². The molecule has 1 aromatic heterocycles. The number of aryl methyl sites for hydroxylation is 1. The van der Waals surface area contributed by atoms with Crippen LogP contribution >= 0.6 is 11.6 Å². The zero-order valence-electron chi connectivity index (χ0n) is 16.5. The van der Waals surface area contributed by atoms with Gasteiger partial charge in [0.2, 0.25) is 0 Å². The second-order valence-electron chi connectivity index (χ2n) is 6.82. The molecule has 3 rings (SSSR count). The molecule has 0 fully saturated rings. The van der Waals surface area contributed by atoms with Crippen LogP contribution in [0.25, 0.3) is 0 Å². The molecule has 154 valence electrons. The summed E-state index contributed by atoms with van der Waals surface area (Å²) in [5.41, 5.74) is 5.33. The lowest BCUT2D eigenvalue weighted by atomic mass is 9.93. The van der Waals surface area contributed by atoms with Gasteiger partial charge in [-0.25, -0.2) is 5.43 Å². The van der Waals surface area contributed by atoms with Crippen LogP contribution in [-0.2, 0) is 11.2 Å². The summed E-state index contributed by atoms with van der Waals surface area (Å²) in [5.74, 6) is 0.456. The minimum atomic E-state index is -0.321. The van der Waals surface area contributed by atoms with Gasteiger partial charge in [0, 0.05) is 48.4 Å². The van der Waals surface area contributed by atoms with Gasteiger partial charge in [0.25, 0.3) is 11.8 Å². The third-order valence-electron chi connectivity index (χ3n) is 4.74. The van der Waals surface area contributed by atoms with Gasteiger partial charge in [-0.05, 0) is 50.5 Å². The number of fused-ring (bicyclic) bond motifs is 1. The van der Waals surface area contributed by atoms with Gasteiger partial charge in [0.05, 0.1) is 5.71 Å². The summed E-state index contributed by atoms with van der Waals surface area (Å²) in [5, 5.41) is 7.72. The Morgan fingerprint density at radius 3 is 2.69 bits per heavy atom. The number of hydrogen-bond donors (Lipinski definition) is 2. The third-order valence-corrected chi connectivity index (χ3v) is 4.99. The van der Waals surface area contributed by atoms with Crippen molar-refractivity contribution < 1.29 is 18.7 Å². The fourth-order valence-electron chi connectivity index (χ4n) is 3.28. The molecule has 0 saturated carbocycles. The molecule has 1 aliphatic carbocycles. The largest absolute Gasteiger partial charge is 0.455 e. The van der Waals surface area contributed by atoms with Gasteiger partial charge in [-0.1, -0.05) is 11.6 Å². The van der Waals surface area contributed by atoms with E-state index in [9.17, 15) is 9.59 Å². The fourth-order valence-corrected chi connectivity index (χ4v) is 3.41. The predicted octanol–water partition coefficient (Wildman–Crippen LogP) is 3.48. The summed E-state index contributed by atoms with van der Waals surface area (Å²) in [6.07, 6.45) is 3.00. The summed E-state index contributed by atoms with van der Waals surface area (Å²) >= 11 is 5.86. The van der Waals surface area contributed by atoms with Gasteiger partial charge < -0.3 is 14.5 Å². The van der Waals surface area contributed by atoms with Crippen molar-refractivity contribution in [1.29, 1.82) is 0 Å². The number of nitrogens with one attached hydrogen (secondary N) is 2. The number of benzene rings is 1. The van der Waals surface area contributed by atoms with E-state index >= 15 is 0 Å². The number of hydrogen-bond acceptors (Lipinski definition) is 5. The zero-order valence-corrected chi connectivity index (χ0v) is 17.3. The number of ether oxygens (including phenoxy) is 1. The molecule has 1 aliphatic rings. The number of rotatable bonds is 7. The van der Waals surface area contributed by atoms with Crippen molar-refractivity contribution >= 4 is 29.1 Å². The molecular formula is C21H24ClN3O4. The molecule has 2 aromatic rings. The third kappa shape index (κ3) is 5.05. The van der Waals surface area contributed by atoms with Gasteiger partial charge in [0.15, 0.2) is 5.76 Å². The molecule has 0 atom stereocenters. The summed E-state index contributed by atoms with van der Waals surface area (Å²) in [6.45, 7) is 2.93. The van der Waals surface area contributed by atoms with Crippen molar-refractivity contribution in [3.63, 3.8) is 0 Å². The second-order valence-corrected chi connectivity index (χ2v) is 7.25. The minimum Gasteiger partial charge on any atom is -0.455 e. The molecule has 0 bridgehead atoms. The van der Waals surface area contributed by atoms with E-state index in [1.807, 2.05) is 6.92 Å². The van der Waals surface area contributed by atoms with E-state index in [4.69, 9.17) is 20.8 Å². The molecule has 0 radical (unpaired) electrons. The van der Waals surface area contributed by atoms with Crippen LogP contribution in [0.3, 0.4) is 0 Å². The van der Waals surface area contributed by atoms with Gasteiger partial charge in [0.1, 0.15) is 5.76 Å². The maximum Gasteiger partial charge on any atom is 0.287 e. The van der Waals surface area contributed by atoms with Crippen molar-refractivity contribution in [2.75, 3.05) is 20.3 Å². The summed E-state index contributed by atoms with van der Waals surface area (Å²) in [7, 11) is 1.62. The molecule has 1 heterocycles. The average molecular weight is 418 g/mol. The number of carbonyl (C=O) groups excluding carboxylic acids is 2. The first-order valence-electron chi connectivity index (χ1n) is 9.53. The lowest BCUT2D eigenvalue weighted by Crippen LogP contribution is -2.25. The van der Waals surface area contributed by atoms with Crippen molar-refractivity contribution in [3.05, 3.63) is 57.5 Å². The Kier molecular flexibility index (Phi) is 7.06. The van der Waals surface area contributed by atoms with Crippen LogP contribution < -0.4 is 10.7 Å². The summed E-state index contributed by atoms with van der Waals surface area (Å²) in [6, 6.07) is 6.58. The molecule has 7 nitrogen and oxygen atoms in total. The van der Waals surface area contributed by atoms with Crippen LogP contribution in [0.2, 0.25) is 5.02 Å². The monoisotopic (exact) mass is 417 g/mol. The maximum atomic E-state index is 12.5. The highest BCUT2D eigenvalue weighted by Gasteiger charge is 2.28. The van der Waals surface area contributed by atoms with Gasteiger partial charge in [-0.3, -0.25) is 9.59 Å². The Bertz CT molecular complexity index is 919. The van der Waals surface area contributed by atoms with Crippen LogP contribution in [-0.4, -0.2) is 37.8 Å². The van der Waals surface area contributed by atoms with E-state index < -0.39 is 0 Å². The van der Waals surface area contributed by atoms with Crippen LogP contribution in [0.15, 0.2) is 33.8 Å². The Morgan fingerprint density at radius 2 is 1.97 bits per heavy atom. The molecule has 29 heavy (non-hydrogen) atoms. The first-order valence-corrected chi connectivity index (χ1v) is 9.91. The minimum absolute atomic E-state index is 0.252. The number of methoxy groups -OCH3 is 1. The smallest absolute Gasteiger partial charge is 0.287 e. The van der Waals surface area contributed by atoms with Crippen molar-refractivity contribution in [2.45, 2.75) is 32.6 Å². The number of carbonyl (C=O) groups is 2. The predicted molar refractivity (Wildman–Crippen MR) is 111 cm³/mol. The highest BCUT2D eigenvalue weighted by molar-refractivity contribution is 6.30. The maximum absolute atomic E-state index is 12.5. The van der Waals surface area contributed by atoms with E-state index in [1.54, 1.807) is 31.4 Å². The standard InChI is InChI=1S/C21H24ClN3O4/c1-13-18-16(24-25-20(26)14-7-9-15(22)10-8-14)5-3-6-17(18)29-19(13)21(27)23-11-4-12-28-2/h7-10H,3-6,11-12H2,1-2H3,(H,23,27)(H,25,26)/b24-16+. The average Bonchev–Trinajstić information content (AvgIpc) is 3.07. The number of amides is 2. The Labute approximate surface area is 174 Å². The molecule has 0 unspecified atom stereocenters. The zero-order chi connectivity index (χ0) is 20.8. The summed E-state index contributed by atoms with van der Waals surface area (Å²) in [4.78, 5) is 24.8. The van der Waals surface area contributed by atoms with Gasteiger partial charge in [-0.15, -0.1) is 0 Å². The first kappa shape index (κ1) is 21.1. The molecule has 2 N–H and O–H groups in total. The number of hydrazone groups is 1. The van der Waals surface area contributed by atoms with Gasteiger partial charge in [-0.2, -0.15) is 5.10 Å². The molecule has 8 heteroatoms. The van der Waals surface area contributed by atoms with E-state index in [0.29, 0.717) is 41.6 Å². The number of nitrogens with zero attached hydrogens (tertiary/aromatic N) is 1. The number of furan rings is 1. The molecule has 0 spiro atoms. The second kappa shape index (κ2) is 9.71. The normalized spacial score (nSPS) is 14.5. The van der Waals surface area contributed by atoms with Gasteiger partial charge >= 0.3 is 0 Å². The highest BCUT2D eigenvalue weighted by Crippen LogP contribution is 2.29. The van der Waals surface area contributed by atoms with Crippen LogP contribution in [0.1, 0.15) is 57.1 Å². The molecule has 0 saturated heterocycles. The Balaban J connectivity index is 1.74. The molecule has 1 aromatic carbocycles. The molecule has 0 aliphatic heterocycles. The van der Waals surface area contributed by atoms with E-state index in [0.717, 1.165) is 36.1 Å². The molecular weight excluding hydrogens is 394 g/mol. The first-order chi connectivity index (χ1) is 14.0. The Hall–Kier alpha value is -2.64. The van der Waals surface area contributed by atoms with E-state index in [1.165, 1.54) is 0 Å². The highest BCUT2D eigenvalue weighted by atomic mass is 35.5. The fraction of sp³-hybridized carbons (Fsp3) is 0.381.